The summed E-state index contributed by atoms with van der Waals surface area (Å²) in [5, 5.41) is 21.7. The quantitative estimate of drug-likeness (QED) is 0.125. The topological polar surface area (TPSA) is 59.7 Å². The van der Waals surface area contributed by atoms with Gasteiger partial charge in [0.2, 0.25) is 8.07 Å². The molecule has 0 saturated carbocycles. The minimum Gasteiger partial charge on any atom is -0.456 e. The Balaban J connectivity index is 1.19. The molecule has 0 aliphatic heterocycles. The summed E-state index contributed by atoms with van der Waals surface area (Å²) in [6.07, 6.45) is 0. The van der Waals surface area contributed by atoms with Crippen molar-refractivity contribution in [2.24, 2.45) is 0 Å². The lowest BCUT2D eigenvalue weighted by Crippen LogP contribution is -2.75. The van der Waals surface area contributed by atoms with Gasteiger partial charge in [0.05, 0.1) is 39.1 Å². The standard InChI is InChI=1S/C54H34N4OSi/c55-35-36-15-12-19-39(33-36)60(38-17-2-1-3-18-38,52-30-14-29-51(56-52)58-47-26-9-4-21-41(47)42-22-5-10-27-48(42)58)40-20-13-16-37(34-40)57-46-25-8-6-23-43(46)44-31-32-50-53(54(44)57)45-24-7-11-28-49(45)59-50/h1-34H. The third-order valence-corrected chi connectivity index (χ3v) is 16.9. The van der Waals surface area contributed by atoms with Crippen molar-refractivity contribution < 1.29 is 4.42 Å². The fraction of sp³-hybridized carbons (Fsp3) is 0. The number of aromatic nitrogens is 3. The van der Waals surface area contributed by atoms with Gasteiger partial charge in [0, 0.05) is 37.9 Å². The van der Waals surface area contributed by atoms with Crippen molar-refractivity contribution in [1.82, 2.24) is 14.1 Å². The molecule has 0 amide bonds. The fourth-order valence-corrected chi connectivity index (χ4v) is 14.4. The van der Waals surface area contributed by atoms with Gasteiger partial charge in [-0.1, -0.05) is 133 Å². The van der Waals surface area contributed by atoms with E-state index < -0.39 is 8.07 Å². The summed E-state index contributed by atoms with van der Waals surface area (Å²) in [5.41, 5.74) is 7.82. The predicted molar refractivity (Wildman–Crippen MR) is 249 cm³/mol. The Kier molecular flexibility index (Phi) is 7.55. The minimum atomic E-state index is -3.30. The summed E-state index contributed by atoms with van der Waals surface area (Å²) in [6, 6.07) is 75.4. The molecule has 60 heavy (non-hydrogen) atoms. The lowest BCUT2D eigenvalue weighted by molar-refractivity contribution is 0.669. The van der Waals surface area contributed by atoms with Crippen LogP contribution in [0.25, 0.3) is 77.1 Å². The Hall–Kier alpha value is -7.98. The number of para-hydroxylation sites is 4. The van der Waals surface area contributed by atoms with Gasteiger partial charge >= 0.3 is 0 Å². The Morgan fingerprint density at radius 1 is 0.450 bits per heavy atom. The number of pyridine rings is 1. The zero-order valence-electron chi connectivity index (χ0n) is 32.3. The van der Waals surface area contributed by atoms with Gasteiger partial charge in [-0.2, -0.15) is 5.26 Å². The molecule has 0 aliphatic carbocycles. The average Bonchev–Trinajstić information content (AvgIpc) is 3.98. The molecule has 1 unspecified atom stereocenters. The number of nitrogens with zero attached hydrogens (tertiary/aromatic N) is 4. The van der Waals surface area contributed by atoms with Crippen LogP contribution in [0.3, 0.4) is 0 Å². The van der Waals surface area contributed by atoms with Gasteiger partial charge in [-0.15, -0.1) is 0 Å². The summed E-state index contributed by atoms with van der Waals surface area (Å²) in [7, 11) is -3.30. The minimum absolute atomic E-state index is 0.617. The van der Waals surface area contributed by atoms with Crippen LogP contribution < -0.4 is 20.9 Å². The van der Waals surface area contributed by atoms with Crippen LogP contribution in [-0.2, 0) is 0 Å². The second kappa shape index (κ2) is 13.3. The van der Waals surface area contributed by atoms with Crippen molar-refractivity contribution in [3.63, 3.8) is 0 Å². The molecule has 12 aromatic rings. The van der Waals surface area contributed by atoms with Crippen molar-refractivity contribution in [2.45, 2.75) is 0 Å². The largest absolute Gasteiger partial charge is 0.456 e. The molecule has 0 N–H and O–H groups in total. The summed E-state index contributed by atoms with van der Waals surface area (Å²) >= 11 is 0. The van der Waals surface area contributed by atoms with Gasteiger partial charge in [0.1, 0.15) is 17.0 Å². The van der Waals surface area contributed by atoms with Crippen LogP contribution in [-0.4, -0.2) is 22.2 Å². The Bertz CT molecular complexity index is 3650. The molecule has 6 heteroatoms. The lowest BCUT2D eigenvalue weighted by Gasteiger charge is -2.34. The molecule has 5 nitrogen and oxygen atoms in total. The molecule has 0 aliphatic rings. The average molecular weight is 783 g/mol. The highest BCUT2D eigenvalue weighted by atomic mass is 28.3. The van der Waals surface area contributed by atoms with E-state index in [0.717, 1.165) is 71.2 Å². The maximum atomic E-state index is 10.4. The van der Waals surface area contributed by atoms with Gasteiger partial charge in [-0.05, 0) is 88.4 Å². The van der Waals surface area contributed by atoms with Crippen molar-refractivity contribution in [3.8, 4) is 17.6 Å². The maximum absolute atomic E-state index is 10.4. The van der Waals surface area contributed by atoms with Gasteiger partial charge in [-0.25, -0.2) is 4.98 Å². The first kappa shape index (κ1) is 34.1. The zero-order valence-corrected chi connectivity index (χ0v) is 33.3. The number of nitriles is 1. The van der Waals surface area contributed by atoms with Crippen molar-refractivity contribution in [3.05, 3.63) is 212 Å². The molecule has 0 fully saturated rings. The van der Waals surface area contributed by atoms with Crippen LogP contribution in [0.1, 0.15) is 5.56 Å². The molecule has 0 bridgehead atoms. The molecular formula is C54H34N4OSi. The molecule has 4 heterocycles. The van der Waals surface area contributed by atoms with Crippen LogP contribution in [0, 0.1) is 11.3 Å². The van der Waals surface area contributed by atoms with Crippen LogP contribution >= 0.6 is 0 Å². The van der Waals surface area contributed by atoms with Gasteiger partial charge in [0.15, 0.2) is 0 Å². The third-order valence-electron chi connectivity index (χ3n) is 12.3. The molecule has 12 rings (SSSR count). The first-order valence-corrected chi connectivity index (χ1v) is 22.2. The molecule has 1 atom stereocenters. The zero-order chi connectivity index (χ0) is 39.8. The van der Waals surface area contributed by atoms with Crippen LogP contribution in [0.4, 0.5) is 0 Å². The van der Waals surface area contributed by atoms with Crippen molar-refractivity contribution in [2.75, 3.05) is 0 Å². The molecule has 280 valence electrons. The van der Waals surface area contributed by atoms with E-state index in [1.165, 1.54) is 26.7 Å². The van der Waals surface area contributed by atoms with Crippen LogP contribution in [0.15, 0.2) is 211 Å². The summed E-state index contributed by atoms with van der Waals surface area (Å²) in [4.78, 5) is 5.76. The van der Waals surface area contributed by atoms with E-state index in [0.29, 0.717) is 5.56 Å². The number of hydrogen-bond donors (Lipinski definition) is 0. The van der Waals surface area contributed by atoms with E-state index >= 15 is 0 Å². The molecular weight excluding hydrogens is 749 g/mol. The van der Waals surface area contributed by atoms with Crippen LogP contribution in [0.5, 0.6) is 0 Å². The highest BCUT2D eigenvalue weighted by Gasteiger charge is 2.44. The van der Waals surface area contributed by atoms with Crippen molar-refractivity contribution >= 4 is 94.5 Å². The van der Waals surface area contributed by atoms with Gasteiger partial charge in [0.25, 0.3) is 0 Å². The molecule has 0 spiro atoms. The normalized spacial score (nSPS) is 12.8. The molecule has 0 radical (unpaired) electrons. The van der Waals surface area contributed by atoms with E-state index in [-0.39, 0.29) is 0 Å². The molecule has 0 saturated heterocycles. The Morgan fingerprint density at radius 3 is 1.77 bits per heavy atom. The SMILES string of the molecule is N#Cc1cccc([Si](c2ccccc2)(c2cccc(-n3c4ccccc4c4ccc5oc6ccccc6c5c43)c2)c2cccc(-n3c4ccccc4c4ccccc43)n2)c1. The van der Waals surface area contributed by atoms with E-state index in [1.807, 2.05) is 24.3 Å². The maximum Gasteiger partial charge on any atom is 0.202 e. The first-order chi connectivity index (χ1) is 29.7. The van der Waals surface area contributed by atoms with E-state index in [4.69, 9.17) is 9.40 Å². The number of hydrogen-bond acceptors (Lipinski definition) is 3. The number of fused-ring (bicyclic) bond motifs is 10. The number of rotatable bonds is 6. The number of benzene rings is 8. The van der Waals surface area contributed by atoms with E-state index in [1.54, 1.807) is 0 Å². The van der Waals surface area contributed by atoms with E-state index in [2.05, 4.69) is 197 Å². The number of furan rings is 1. The molecule has 8 aromatic carbocycles. The lowest BCUT2D eigenvalue weighted by atomic mass is 10.1. The summed E-state index contributed by atoms with van der Waals surface area (Å²) < 4.78 is 11.2. The third kappa shape index (κ3) is 4.87. The molecule has 4 aromatic heterocycles. The van der Waals surface area contributed by atoms with Gasteiger partial charge < -0.3 is 8.98 Å². The monoisotopic (exact) mass is 782 g/mol. The fourth-order valence-electron chi connectivity index (χ4n) is 9.79. The Morgan fingerprint density at radius 2 is 1.03 bits per heavy atom. The second-order valence-electron chi connectivity index (χ2n) is 15.4. The van der Waals surface area contributed by atoms with E-state index in [9.17, 15) is 5.26 Å². The first-order valence-electron chi connectivity index (χ1n) is 20.2. The highest BCUT2D eigenvalue weighted by molar-refractivity contribution is 7.19. The smallest absolute Gasteiger partial charge is 0.202 e. The second-order valence-corrected chi connectivity index (χ2v) is 19.1. The van der Waals surface area contributed by atoms with Gasteiger partial charge in [-0.3, -0.25) is 4.57 Å². The van der Waals surface area contributed by atoms with Crippen LogP contribution in [0.2, 0.25) is 0 Å². The summed E-state index contributed by atoms with van der Waals surface area (Å²) in [6.45, 7) is 0. The highest BCUT2D eigenvalue weighted by Crippen LogP contribution is 2.40. The Labute approximate surface area is 346 Å². The predicted octanol–water partition coefficient (Wildman–Crippen LogP) is 10.4. The summed E-state index contributed by atoms with van der Waals surface area (Å²) in [5.74, 6) is 0.849. The van der Waals surface area contributed by atoms with Crippen molar-refractivity contribution in [1.29, 1.82) is 5.26 Å².